The molecule has 3 heterocycles. The monoisotopic (exact) mass is 372 g/mol. The van der Waals surface area contributed by atoms with Crippen LogP contribution >= 0.6 is 0 Å². The standard InChI is InChI=1S/C18H24N6O3/c1-12(2)6-14(11-25)23-18(26)15-10-19-17-16(4-3-5-24(15)17)27-22-9-13-7-20-21-8-13/h3-5,7-8,10,12,14,22,25H,6,9,11H2,1-2H3,(H,20,21)(H,23,26)/t14-/m0/s1. The molecule has 0 aromatic carbocycles. The van der Waals surface area contributed by atoms with Gasteiger partial charge in [0.25, 0.3) is 5.91 Å². The molecule has 0 saturated heterocycles. The SMILES string of the molecule is CC(C)C[C@@H](CO)NC(=O)c1cnc2c(ONCc3cn[nH]c3)cccn12. The third-order valence-electron chi connectivity index (χ3n) is 4.06. The highest BCUT2D eigenvalue weighted by Gasteiger charge is 2.18. The van der Waals surface area contributed by atoms with Gasteiger partial charge in [0, 0.05) is 18.0 Å². The first-order valence-electron chi connectivity index (χ1n) is 8.83. The number of aromatic nitrogens is 4. The van der Waals surface area contributed by atoms with Crippen LogP contribution in [0.25, 0.3) is 5.65 Å². The molecule has 4 N–H and O–H groups in total. The average Bonchev–Trinajstić information content (AvgIpc) is 3.30. The summed E-state index contributed by atoms with van der Waals surface area (Å²) in [5, 5.41) is 18.9. The number of hydroxylamine groups is 1. The molecule has 3 aromatic heterocycles. The van der Waals surface area contributed by atoms with Crippen LogP contribution in [0.1, 0.15) is 36.3 Å². The summed E-state index contributed by atoms with van der Waals surface area (Å²) in [6.07, 6.45) is 7.41. The molecule has 0 saturated carbocycles. The highest BCUT2D eigenvalue weighted by molar-refractivity contribution is 5.93. The second-order valence-corrected chi connectivity index (χ2v) is 6.72. The Balaban J connectivity index is 1.71. The normalized spacial score (nSPS) is 12.4. The fourth-order valence-electron chi connectivity index (χ4n) is 2.81. The Morgan fingerprint density at radius 3 is 2.96 bits per heavy atom. The minimum atomic E-state index is -0.292. The first kappa shape index (κ1) is 18.9. The summed E-state index contributed by atoms with van der Waals surface area (Å²) in [6, 6.07) is 3.25. The molecule has 0 radical (unpaired) electrons. The van der Waals surface area contributed by atoms with E-state index in [2.05, 4.69) is 26.0 Å². The summed E-state index contributed by atoms with van der Waals surface area (Å²) >= 11 is 0. The summed E-state index contributed by atoms with van der Waals surface area (Å²) < 4.78 is 1.66. The van der Waals surface area contributed by atoms with Crippen molar-refractivity contribution in [2.24, 2.45) is 5.92 Å². The number of imidazole rings is 1. The number of aromatic amines is 1. The van der Waals surface area contributed by atoms with Gasteiger partial charge in [0.05, 0.1) is 31.6 Å². The topological polar surface area (TPSA) is 117 Å². The number of pyridine rings is 1. The fourth-order valence-corrected chi connectivity index (χ4v) is 2.81. The number of fused-ring (bicyclic) bond motifs is 1. The molecule has 144 valence electrons. The predicted octanol–water partition coefficient (Wildman–Crippen LogP) is 1.28. The van der Waals surface area contributed by atoms with E-state index in [1.54, 1.807) is 35.1 Å². The second kappa shape index (κ2) is 8.65. The first-order chi connectivity index (χ1) is 13.1. The van der Waals surface area contributed by atoms with Crippen LogP contribution in [0, 0.1) is 5.92 Å². The number of carbonyl (C=O) groups is 1. The van der Waals surface area contributed by atoms with Gasteiger partial charge >= 0.3 is 0 Å². The van der Waals surface area contributed by atoms with Gasteiger partial charge in [-0.1, -0.05) is 13.8 Å². The summed E-state index contributed by atoms with van der Waals surface area (Å²) in [5.74, 6) is 0.581. The maximum Gasteiger partial charge on any atom is 0.270 e. The summed E-state index contributed by atoms with van der Waals surface area (Å²) in [7, 11) is 0. The molecule has 27 heavy (non-hydrogen) atoms. The Hall–Kier alpha value is -2.91. The minimum absolute atomic E-state index is 0.104. The fraction of sp³-hybridized carbons (Fsp3) is 0.389. The molecule has 0 aliphatic carbocycles. The van der Waals surface area contributed by atoms with E-state index in [9.17, 15) is 9.90 Å². The van der Waals surface area contributed by atoms with Crippen LogP contribution in [0.2, 0.25) is 0 Å². The molecule has 0 fully saturated rings. The van der Waals surface area contributed by atoms with Crippen LogP contribution < -0.4 is 15.6 Å². The number of H-pyrrole nitrogens is 1. The summed E-state index contributed by atoms with van der Waals surface area (Å²) in [6.45, 7) is 4.46. The molecule has 1 atom stereocenters. The molecular formula is C18H24N6O3. The smallest absolute Gasteiger partial charge is 0.270 e. The quantitative estimate of drug-likeness (QED) is 0.421. The van der Waals surface area contributed by atoms with Gasteiger partial charge in [0.2, 0.25) is 0 Å². The number of aliphatic hydroxyl groups is 1. The van der Waals surface area contributed by atoms with Crippen molar-refractivity contribution >= 4 is 11.6 Å². The van der Waals surface area contributed by atoms with Crippen molar-refractivity contribution in [1.82, 2.24) is 30.4 Å². The van der Waals surface area contributed by atoms with Gasteiger partial charge in [-0.25, -0.2) is 4.98 Å². The van der Waals surface area contributed by atoms with Crippen molar-refractivity contribution < 1.29 is 14.7 Å². The van der Waals surface area contributed by atoms with E-state index in [1.807, 2.05) is 13.8 Å². The predicted molar refractivity (Wildman–Crippen MR) is 99.0 cm³/mol. The van der Waals surface area contributed by atoms with Crippen LogP contribution in [0.4, 0.5) is 0 Å². The van der Waals surface area contributed by atoms with Crippen molar-refractivity contribution in [3.8, 4) is 5.75 Å². The molecule has 9 heteroatoms. The average molecular weight is 372 g/mol. The molecule has 9 nitrogen and oxygen atoms in total. The molecule has 3 aromatic rings. The van der Waals surface area contributed by atoms with E-state index in [0.29, 0.717) is 36.0 Å². The van der Waals surface area contributed by atoms with Gasteiger partial charge in [-0.15, -0.1) is 0 Å². The lowest BCUT2D eigenvalue weighted by Crippen LogP contribution is -2.38. The number of aliphatic hydroxyl groups excluding tert-OH is 1. The van der Waals surface area contributed by atoms with Gasteiger partial charge in [0.15, 0.2) is 11.4 Å². The van der Waals surface area contributed by atoms with Crippen molar-refractivity contribution in [3.05, 3.63) is 48.2 Å². The van der Waals surface area contributed by atoms with Gasteiger partial charge in [-0.2, -0.15) is 10.6 Å². The third kappa shape index (κ3) is 4.63. The maximum absolute atomic E-state index is 12.6. The molecule has 1 amide bonds. The van der Waals surface area contributed by atoms with Gasteiger partial charge < -0.3 is 15.3 Å². The Bertz CT molecular complexity index is 874. The molecular weight excluding hydrogens is 348 g/mol. The van der Waals surface area contributed by atoms with E-state index in [-0.39, 0.29) is 18.6 Å². The number of nitrogens with one attached hydrogen (secondary N) is 3. The largest absolute Gasteiger partial charge is 0.404 e. The lowest BCUT2D eigenvalue weighted by atomic mass is 10.0. The molecule has 0 unspecified atom stereocenters. The zero-order valence-electron chi connectivity index (χ0n) is 15.3. The van der Waals surface area contributed by atoms with E-state index in [0.717, 1.165) is 5.56 Å². The number of carbonyl (C=O) groups excluding carboxylic acids is 1. The molecule has 3 rings (SSSR count). The van der Waals surface area contributed by atoms with E-state index >= 15 is 0 Å². The third-order valence-corrected chi connectivity index (χ3v) is 4.06. The zero-order valence-corrected chi connectivity index (χ0v) is 15.3. The van der Waals surface area contributed by atoms with Crippen LogP contribution in [-0.2, 0) is 6.54 Å². The van der Waals surface area contributed by atoms with Crippen LogP contribution in [-0.4, -0.2) is 43.2 Å². The highest BCUT2D eigenvalue weighted by Crippen LogP contribution is 2.19. The van der Waals surface area contributed by atoms with Crippen molar-refractivity contribution in [2.75, 3.05) is 6.61 Å². The van der Waals surface area contributed by atoms with Crippen molar-refractivity contribution in [3.63, 3.8) is 0 Å². The second-order valence-electron chi connectivity index (χ2n) is 6.72. The molecule has 0 aliphatic rings. The number of hydrogen-bond acceptors (Lipinski definition) is 6. The van der Waals surface area contributed by atoms with Crippen molar-refractivity contribution in [2.45, 2.75) is 32.9 Å². The van der Waals surface area contributed by atoms with Crippen molar-refractivity contribution in [1.29, 1.82) is 0 Å². The van der Waals surface area contributed by atoms with Crippen LogP contribution in [0.3, 0.4) is 0 Å². The number of hydrogen-bond donors (Lipinski definition) is 4. The van der Waals surface area contributed by atoms with Gasteiger partial charge in [-0.05, 0) is 24.5 Å². The Morgan fingerprint density at radius 1 is 1.41 bits per heavy atom. The number of rotatable bonds is 9. The molecule has 0 bridgehead atoms. The van der Waals surface area contributed by atoms with E-state index in [1.165, 1.54) is 6.20 Å². The Kier molecular flexibility index (Phi) is 6.05. The van der Waals surface area contributed by atoms with E-state index < -0.39 is 0 Å². The molecule has 0 spiro atoms. The minimum Gasteiger partial charge on any atom is -0.404 e. The number of nitrogens with zero attached hydrogens (tertiary/aromatic N) is 3. The van der Waals surface area contributed by atoms with Crippen LogP contribution in [0.5, 0.6) is 5.75 Å². The number of amides is 1. The maximum atomic E-state index is 12.6. The van der Waals surface area contributed by atoms with Crippen LogP contribution in [0.15, 0.2) is 36.9 Å². The lowest BCUT2D eigenvalue weighted by molar-refractivity contribution is 0.0902. The van der Waals surface area contributed by atoms with E-state index in [4.69, 9.17) is 4.84 Å². The highest BCUT2D eigenvalue weighted by atomic mass is 16.6. The Labute approximate surface area is 156 Å². The molecule has 0 aliphatic heterocycles. The summed E-state index contributed by atoms with van der Waals surface area (Å²) in [5.41, 5.74) is 4.70. The first-order valence-corrected chi connectivity index (χ1v) is 8.83. The Morgan fingerprint density at radius 2 is 2.26 bits per heavy atom. The van der Waals surface area contributed by atoms with Gasteiger partial charge in [0.1, 0.15) is 5.69 Å². The lowest BCUT2D eigenvalue weighted by Gasteiger charge is -2.18. The summed E-state index contributed by atoms with van der Waals surface area (Å²) in [4.78, 5) is 22.5. The zero-order chi connectivity index (χ0) is 19.2. The van der Waals surface area contributed by atoms with Gasteiger partial charge in [-0.3, -0.25) is 14.3 Å².